The van der Waals surface area contributed by atoms with Gasteiger partial charge >= 0.3 is 5.97 Å². The summed E-state index contributed by atoms with van der Waals surface area (Å²) in [5, 5.41) is 30.6. The molecule has 19 nitrogen and oxygen atoms in total. The SMILES string of the molecule is CC(=O)Nc1ccc2ccc3c(C(=O)N4C[C@]5(C[C@H]4C(=O)N[C@@H](CCCCN)C(=O)N[C@@H](CCCCN)C(=O)N[C@@H](CCCCN)C(=O)O)NC(=O)CNC5=O)ccc4ccc1c2c43. The molecular formula is C45H58N10O9. The second kappa shape index (κ2) is 20.8. The molecule has 1 spiro atoms. The van der Waals surface area contributed by atoms with Crippen LogP contribution in [0.4, 0.5) is 5.69 Å². The molecule has 4 aromatic rings. The number of anilines is 1. The highest BCUT2D eigenvalue weighted by Crippen LogP contribution is 2.40. The van der Waals surface area contributed by atoms with Gasteiger partial charge in [-0.1, -0.05) is 36.4 Å². The van der Waals surface area contributed by atoms with Gasteiger partial charge in [-0.3, -0.25) is 33.6 Å². The van der Waals surface area contributed by atoms with Crippen molar-refractivity contribution in [2.24, 2.45) is 17.2 Å². The number of hydrogen-bond acceptors (Lipinski definition) is 11. The number of carboxylic acids is 1. The number of hydrogen-bond donors (Lipinski definition) is 10. The van der Waals surface area contributed by atoms with Crippen molar-refractivity contribution in [1.29, 1.82) is 0 Å². The van der Waals surface area contributed by atoms with E-state index in [4.69, 9.17) is 17.2 Å². The number of likely N-dealkylation sites (tertiary alicyclic amines) is 1. The standard InChI is InChI=1S/C45H58N10O9/c1-25(56)50-31-18-14-27-11-15-28-29(16-12-26-13-17-30(31)38(27)37(26)28)42(61)55-24-45(44(64)49-23-36(57)54-45)22-35(55)41(60)52-33(9-3-6-20-47)39(58)51-32(8-2-5-19-46)40(59)53-34(43(62)63)10-4-7-21-48/h11-18,32-35H,2-10,19-24,46-48H2,1H3,(H,49,64)(H,50,56)(H,51,58)(H,52,60)(H,53,59)(H,54,57)(H,62,63)/t32-,33-,34-,35-,45-/m0/s1. The summed E-state index contributed by atoms with van der Waals surface area (Å²) in [5.41, 5.74) is 16.2. The van der Waals surface area contributed by atoms with E-state index in [2.05, 4.69) is 31.9 Å². The zero-order valence-corrected chi connectivity index (χ0v) is 35.9. The number of carbonyl (C=O) groups excluding carboxylic acids is 7. The number of amides is 7. The molecule has 2 aliphatic heterocycles. The maximum Gasteiger partial charge on any atom is 0.326 e. The smallest absolute Gasteiger partial charge is 0.326 e. The van der Waals surface area contributed by atoms with Crippen molar-refractivity contribution in [2.75, 3.05) is 38.0 Å². The van der Waals surface area contributed by atoms with E-state index in [-0.39, 0.29) is 50.2 Å². The minimum atomic E-state index is -1.67. The second-order valence-corrected chi connectivity index (χ2v) is 16.7. The van der Waals surface area contributed by atoms with Crippen molar-refractivity contribution in [2.45, 2.75) is 101 Å². The van der Waals surface area contributed by atoms with E-state index < -0.39 is 71.1 Å². The fraction of sp³-hybridized carbons (Fsp3) is 0.467. The molecule has 0 bridgehead atoms. The largest absolute Gasteiger partial charge is 0.480 e. The summed E-state index contributed by atoms with van der Waals surface area (Å²) < 4.78 is 0. The van der Waals surface area contributed by atoms with Crippen LogP contribution in [0.25, 0.3) is 32.3 Å². The molecule has 2 fully saturated rings. The van der Waals surface area contributed by atoms with Gasteiger partial charge in [0, 0.05) is 30.0 Å². The number of rotatable bonds is 21. The van der Waals surface area contributed by atoms with Crippen LogP contribution in [0.15, 0.2) is 48.5 Å². The van der Waals surface area contributed by atoms with E-state index in [1.165, 1.54) is 11.8 Å². The van der Waals surface area contributed by atoms with Crippen molar-refractivity contribution in [3.63, 3.8) is 0 Å². The highest BCUT2D eigenvalue weighted by molar-refractivity contribution is 6.28. The lowest BCUT2D eigenvalue weighted by molar-refractivity contribution is -0.142. The van der Waals surface area contributed by atoms with Gasteiger partial charge < -0.3 is 59.1 Å². The Morgan fingerprint density at radius 2 is 1.27 bits per heavy atom. The number of carbonyl (C=O) groups is 8. The molecule has 342 valence electrons. The molecule has 7 amide bonds. The summed E-state index contributed by atoms with van der Waals surface area (Å²) in [6.45, 7) is 1.74. The predicted molar refractivity (Wildman–Crippen MR) is 240 cm³/mol. The Morgan fingerprint density at radius 1 is 0.734 bits per heavy atom. The Hall–Kier alpha value is -6.44. The molecule has 2 saturated heterocycles. The molecule has 5 atom stereocenters. The Morgan fingerprint density at radius 3 is 1.86 bits per heavy atom. The number of aliphatic carboxylic acids is 1. The number of piperazine rings is 1. The van der Waals surface area contributed by atoms with Gasteiger partial charge in [0.15, 0.2) is 0 Å². The minimum absolute atomic E-state index is 0.0846. The molecule has 0 radical (unpaired) electrons. The van der Waals surface area contributed by atoms with Crippen LogP contribution in [-0.4, -0.2) is 120 Å². The molecule has 13 N–H and O–H groups in total. The average molecular weight is 883 g/mol. The van der Waals surface area contributed by atoms with Gasteiger partial charge in [0.05, 0.1) is 13.1 Å². The fourth-order valence-electron chi connectivity index (χ4n) is 8.83. The summed E-state index contributed by atoms with van der Waals surface area (Å²) in [6.07, 6.45) is 2.89. The van der Waals surface area contributed by atoms with Crippen LogP contribution in [0.3, 0.4) is 0 Å². The summed E-state index contributed by atoms with van der Waals surface area (Å²) in [4.78, 5) is 109. The molecule has 2 heterocycles. The molecule has 4 aromatic carbocycles. The zero-order valence-electron chi connectivity index (χ0n) is 35.9. The topological polar surface area (TPSA) is 310 Å². The molecule has 0 aliphatic carbocycles. The van der Waals surface area contributed by atoms with Crippen molar-refractivity contribution in [3.8, 4) is 0 Å². The highest BCUT2D eigenvalue weighted by Gasteiger charge is 2.56. The highest BCUT2D eigenvalue weighted by atomic mass is 16.4. The van der Waals surface area contributed by atoms with Gasteiger partial charge in [0.25, 0.3) is 5.91 Å². The monoisotopic (exact) mass is 882 g/mol. The molecule has 2 aliphatic rings. The lowest BCUT2D eigenvalue weighted by Crippen LogP contribution is -2.66. The molecule has 0 saturated carbocycles. The molecule has 19 heteroatoms. The number of nitrogens with zero attached hydrogens (tertiary/aromatic N) is 1. The van der Waals surface area contributed by atoms with Crippen LogP contribution >= 0.6 is 0 Å². The minimum Gasteiger partial charge on any atom is -0.480 e. The van der Waals surface area contributed by atoms with Crippen LogP contribution in [0.1, 0.15) is 81.5 Å². The van der Waals surface area contributed by atoms with Gasteiger partial charge in [0.2, 0.25) is 35.4 Å². The van der Waals surface area contributed by atoms with Gasteiger partial charge in [-0.05, 0) is 116 Å². The van der Waals surface area contributed by atoms with Crippen LogP contribution < -0.4 is 49.1 Å². The first-order valence-corrected chi connectivity index (χ1v) is 21.8. The third-order valence-electron chi connectivity index (χ3n) is 12.1. The number of nitrogens with two attached hydrogens (primary N) is 3. The fourth-order valence-corrected chi connectivity index (χ4v) is 8.83. The van der Waals surface area contributed by atoms with Crippen molar-refractivity contribution < 1.29 is 43.5 Å². The van der Waals surface area contributed by atoms with Crippen LogP contribution in [-0.2, 0) is 33.6 Å². The Bertz CT molecular complexity index is 2430. The number of nitrogens with one attached hydrogen (secondary N) is 6. The van der Waals surface area contributed by atoms with Gasteiger partial charge in [-0.2, -0.15) is 0 Å². The lowest BCUT2D eigenvalue weighted by atomic mass is 9.91. The summed E-state index contributed by atoms with van der Waals surface area (Å²) >= 11 is 0. The van der Waals surface area contributed by atoms with E-state index in [1.54, 1.807) is 12.1 Å². The van der Waals surface area contributed by atoms with E-state index in [1.807, 2.05) is 36.4 Å². The zero-order chi connectivity index (χ0) is 46.1. The third-order valence-corrected chi connectivity index (χ3v) is 12.1. The summed E-state index contributed by atoms with van der Waals surface area (Å²) in [6, 6.07) is 9.57. The summed E-state index contributed by atoms with van der Waals surface area (Å²) in [7, 11) is 0. The van der Waals surface area contributed by atoms with E-state index in [0.29, 0.717) is 69.2 Å². The molecule has 0 aromatic heterocycles. The normalized spacial score (nSPS) is 18.7. The Balaban J connectivity index is 1.32. The van der Waals surface area contributed by atoms with Crippen LogP contribution in [0.2, 0.25) is 0 Å². The molecule has 0 unspecified atom stereocenters. The van der Waals surface area contributed by atoms with E-state index in [9.17, 15) is 43.5 Å². The molecule has 64 heavy (non-hydrogen) atoms. The maximum absolute atomic E-state index is 15.0. The van der Waals surface area contributed by atoms with Gasteiger partial charge in [0.1, 0.15) is 29.7 Å². The number of carboxylic acid groups (broad SMARTS) is 1. The van der Waals surface area contributed by atoms with Crippen LogP contribution in [0.5, 0.6) is 0 Å². The first kappa shape index (κ1) is 47.0. The first-order chi connectivity index (χ1) is 30.7. The Labute approximate surface area is 369 Å². The van der Waals surface area contributed by atoms with Crippen molar-refractivity contribution >= 4 is 85.3 Å². The maximum atomic E-state index is 15.0. The van der Waals surface area contributed by atoms with Crippen molar-refractivity contribution in [3.05, 3.63) is 54.1 Å². The predicted octanol–water partition coefficient (Wildman–Crippen LogP) is 0.668. The van der Waals surface area contributed by atoms with Gasteiger partial charge in [-0.15, -0.1) is 0 Å². The quantitative estimate of drug-likeness (QED) is 0.0408. The number of benzene rings is 4. The van der Waals surface area contributed by atoms with Crippen LogP contribution in [0, 0.1) is 0 Å². The molecule has 6 rings (SSSR count). The first-order valence-electron chi connectivity index (χ1n) is 21.8. The van der Waals surface area contributed by atoms with E-state index >= 15 is 0 Å². The molecular weight excluding hydrogens is 825 g/mol. The Kier molecular flexibility index (Phi) is 15.3. The van der Waals surface area contributed by atoms with Crippen molar-refractivity contribution in [1.82, 2.24) is 31.5 Å². The lowest BCUT2D eigenvalue weighted by Gasteiger charge is -2.32. The third kappa shape index (κ3) is 10.3. The second-order valence-electron chi connectivity index (χ2n) is 16.7. The summed E-state index contributed by atoms with van der Waals surface area (Å²) in [5.74, 6) is -5.40. The number of unbranched alkanes of at least 4 members (excludes halogenated alkanes) is 3. The van der Waals surface area contributed by atoms with E-state index in [0.717, 1.165) is 26.9 Å². The average Bonchev–Trinajstić information content (AvgIpc) is 3.65. The van der Waals surface area contributed by atoms with Gasteiger partial charge in [-0.25, -0.2) is 4.79 Å².